The minimum absolute atomic E-state index is 0.0779. The number of hydrogen-bond donors (Lipinski definition) is 1. The summed E-state index contributed by atoms with van der Waals surface area (Å²) in [5.41, 5.74) is 0.0779. The van der Waals surface area contributed by atoms with Crippen molar-refractivity contribution in [2.24, 2.45) is 0 Å². The summed E-state index contributed by atoms with van der Waals surface area (Å²) in [4.78, 5) is 13.9. The summed E-state index contributed by atoms with van der Waals surface area (Å²) in [6, 6.07) is 1.95. The Labute approximate surface area is 145 Å². The average molecular weight is 341 g/mol. The van der Waals surface area contributed by atoms with E-state index in [1.165, 1.54) is 0 Å². The molecular formula is C17H31N3O4. The van der Waals surface area contributed by atoms with E-state index in [-0.39, 0.29) is 11.5 Å². The largest absolute Gasteiger partial charge is 0.383 e. The monoisotopic (exact) mass is 341 g/mol. The summed E-state index contributed by atoms with van der Waals surface area (Å²) >= 11 is 0. The highest BCUT2D eigenvalue weighted by Crippen LogP contribution is 1.99. The number of nitrogens with one attached hydrogen (secondary N) is 1. The summed E-state index contributed by atoms with van der Waals surface area (Å²) in [5, 5.41) is 11.9. The first-order chi connectivity index (χ1) is 11.7. The number of methoxy groups -OCH3 is 2. The normalized spacial score (nSPS) is 11.2. The molecular weight excluding hydrogens is 310 g/mol. The molecule has 0 aliphatic carbocycles. The fourth-order valence-corrected chi connectivity index (χ4v) is 1.80. The molecule has 0 saturated carbocycles. The van der Waals surface area contributed by atoms with Crippen molar-refractivity contribution in [3.05, 3.63) is 11.8 Å². The molecule has 0 bridgehead atoms. The SMILES string of the molecule is CCCCOCCCNC(=O)/C(C#N)=C\N(CCOC)CCOC. The van der Waals surface area contributed by atoms with Crippen LogP contribution in [-0.4, -0.2) is 71.1 Å². The van der Waals surface area contributed by atoms with E-state index >= 15 is 0 Å². The molecule has 0 radical (unpaired) electrons. The van der Waals surface area contributed by atoms with Gasteiger partial charge in [0.25, 0.3) is 5.91 Å². The van der Waals surface area contributed by atoms with E-state index in [1.54, 1.807) is 20.4 Å². The van der Waals surface area contributed by atoms with E-state index in [9.17, 15) is 10.1 Å². The van der Waals surface area contributed by atoms with Gasteiger partial charge in [0.2, 0.25) is 0 Å². The van der Waals surface area contributed by atoms with Gasteiger partial charge in [0.1, 0.15) is 11.6 Å². The lowest BCUT2D eigenvalue weighted by atomic mass is 10.2. The van der Waals surface area contributed by atoms with Gasteiger partial charge in [-0.2, -0.15) is 5.26 Å². The predicted molar refractivity (Wildman–Crippen MR) is 92.4 cm³/mol. The van der Waals surface area contributed by atoms with Crippen molar-refractivity contribution in [2.45, 2.75) is 26.2 Å². The molecule has 7 heteroatoms. The highest BCUT2D eigenvalue weighted by Gasteiger charge is 2.10. The molecule has 0 atom stereocenters. The third-order valence-electron chi connectivity index (χ3n) is 3.24. The van der Waals surface area contributed by atoms with Gasteiger partial charge in [-0.1, -0.05) is 13.3 Å². The molecule has 0 aliphatic rings. The molecule has 0 unspecified atom stereocenters. The number of ether oxygens (including phenoxy) is 3. The van der Waals surface area contributed by atoms with Crippen LogP contribution in [0, 0.1) is 11.3 Å². The molecule has 1 N–H and O–H groups in total. The van der Waals surface area contributed by atoms with Crippen LogP contribution in [0.3, 0.4) is 0 Å². The summed E-state index contributed by atoms with van der Waals surface area (Å²) in [5.74, 6) is -0.370. The lowest BCUT2D eigenvalue weighted by Crippen LogP contribution is -2.30. The molecule has 7 nitrogen and oxygen atoms in total. The van der Waals surface area contributed by atoms with Gasteiger partial charge in [-0.15, -0.1) is 0 Å². The average Bonchev–Trinajstić information content (AvgIpc) is 2.60. The van der Waals surface area contributed by atoms with Crippen LogP contribution in [0.2, 0.25) is 0 Å². The van der Waals surface area contributed by atoms with E-state index in [1.807, 2.05) is 11.0 Å². The molecule has 0 rings (SSSR count). The van der Waals surface area contributed by atoms with Crippen LogP contribution in [0.15, 0.2) is 11.8 Å². The highest BCUT2D eigenvalue weighted by atomic mass is 16.5. The molecule has 138 valence electrons. The molecule has 0 aromatic carbocycles. The Bertz CT molecular complexity index is 386. The zero-order chi connectivity index (χ0) is 18.0. The number of rotatable bonds is 15. The maximum atomic E-state index is 12.1. The second kappa shape index (κ2) is 16.2. The fourth-order valence-electron chi connectivity index (χ4n) is 1.80. The third-order valence-corrected chi connectivity index (χ3v) is 3.24. The first-order valence-corrected chi connectivity index (χ1v) is 8.39. The van der Waals surface area contributed by atoms with E-state index < -0.39 is 0 Å². The van der Waals surface area contributed by atoms with Crippen LogP contribution in [0.5, 0.6) is 0 Å². The third kappa shape index (κ3) is 11.9. The van der Waals surface area contributed by atoms with E-state index in [4.69, 9.17) is 14.2 Å². The van der Waals surface area contributed by atoms with E-state index in [2.05, 4.69) is 12.2 Å². The number of nitrogens with zero attached hydrogens (tertiary/aromatic N) is 2. The van der Waals surface area contributed by atoms with Crippen molar-refractivity contribution in [2.75, 3.05) is 60.3 Å². The van der Waals surface area contributed by atoms with Gasteiger partial charge in [0.05, 0.1) is 13.2 Å². The second-order valence-electron chi connectivity index (χ2n) is 5.25. The minimum atomic E-state index is -0.370. The van der Waals surface area contributed by atoms with Gasteiger partial charge < -0.3 is 24.4 Å². The number of carbonyl (C=O) groups excluding carboxylic acids is 1. The van der Waals surface area contributed by atoms with Crippen molar-refractivity contribution in [1.29, 1.82) is 5.26 Å². The van der Waals surface area contributed by atoms with Crippen molar-refractivity contribution in [1.82, 2.24) is 10.2 Å². The number of hydrogen-bond acceptors (Lipinski definition) is 6. The van der Waals surface area contributed by atoms with Crippen LogP contribution in [0.1, 0.15) is 26.2 Å². The maximum absolute atomic E-state index is 12.1. The van der Waals surface area contributed by atoms with Gasteiger partial charge >= 0.3 is 0 Å². The fraction of sp³-hybridized carbons (Fsp3) is 0.765. The molecule has 0 aliphatic heterocycles. The molecule has 0 heterocycles. The summed E-state index contributed by atoms with van der Waals surface area (Å²) < 4.78 is 15.5. The van der Waals surface area contributed by atoms with Crippen LogP contribution >= 0.6 is 0 Å². The van der Waals surface area contributed by atoms with Gasteiger partial charge in [-0.25, -0.2) is 0 Å². The second-order valence-corrected chi connectivity index (χ2v) is 5.25. The maximum Gasteiger partial charge on any atom is 0.263 e. The smallest absolute Gasteiger partial charge is 0.263 e. The highest BCUT2D eigenvalue weighted by molar-refractivity contribution is 5.97. The van der Waals surface area contributed by atoms with Crippen LogP contribution in [-0.2, 0) is 19.0 Å². The summed E-state index contributed by atoms with van der Waals surface area (Å²) in [6.45, 7) is 6.15. The van der Waals surface area contributed by atoms with Gasteiger partial charge in [-0.3, -0.25) is 4.79 Å². The Hall–Kier alpha value is -1.62. The molecule has 1 amide bonds. The molecule has 0 fully saturated rings. The first kappa shape index (κ1) is 22.4. The van der Waals surface area contributed by atoms with E-state index in [0.717, 1.165) is 25.9 Å². The number of unbranched alkanes of at least 4 members (excludes halogenated alkanes) is 1. The molecule has 0 spiro atoms. The van der Waals surface area contributed by atoms with Crippen LogP contribution in [0.4, 0.5) is 0 Å². The zero-order valence-electron chi connectivity index (χ0n) is 15.2. The quantitative estimate of drug-likeness (QED) is 0.275. The van der Waals surface area contributed by atoms with Crippen molar-refractivity contribution in [3.8, 4) is 6.07 Å². The Balaban J connectivity index is 4.29. The lowest BCUT2D eigenvalue weighted by Gasteiger charge is -2.20. The predicted octanol–water partition coefficient (Wildman–Crippen LogP) is 1.31. The van der Waals surface area contributed by atoms with Crippen molar-refractivity contribution >= 4 is 5.91 Å². The molecule has 0 aromatic rings. The van der Waals surface area contributed by atoms with Crippen molar-refractivity contribution < 1.29 is 19.0 Å². The molecule has 0 saturated heterocycles. The first-order valence-electron chi connectivity index (χ1n) is 8.39. The number of amides is 1. The Morgan fingerprint density at radius 3 is 2.29 bits per heavy atom. The number of nitriles is 1. The van der Waals surface area contributed by atoms with Gasteiger partial charge in [0.15, 0.2) is 0 Å². The minimum Gasteiger partial charge on any atom is -0.383 e. The Morgan fingerprint density at radius 1 is 1.12 bits per heavy atom. The lowest BCUT2D eigenvalue weighted by molar-refractivity contribution is -0.117. The molecule has 0 aromatic heterocycles. The molecule has 24 heavy (non-hydrogen) atoms. The van der Waals surface area contributed by atoms with Crippen LogP contribution in [0.25, 0.3) is 0 Å². The standard InChI is InChI=1S/C17H31N3O4/c1-4-5-10-24-11-6-7-19-17(21)16(14-18)15-20(8-12-22-2)9-13-23-3/h15H,4-13H2,1-3H3,(H,19,21)/b16-15-. The Morgan fingerprint density at radius 2 is 1.75 bits per heavy atom. The topological polar surface area (TPSA) is 83.8 Å². The Kier molecular flexibility index (Phi) is 15.1. The summed E-state index contributed by atoms with van der Waals surface area (Å²) in [6.07, 6.45) is 4.44. The van der Waals surface area contributed by atoms with Crippen LogP contribution < -0.4 is 5.32 Å². The van der Waals surface area contributed by atoms with Gasteiger partial charge in [-0.05, 0) is 12.8 Å². The van der Waals surface area contributed by atoms with Crippen molar-refractivity contribution in [3.63, 3.8) is 0 Å². The summed E-state index contributed by atoms with van der Waals surface area (Å²) in [7, 11) is 3.22. The zero-order valence-corrected chi connectivity index (χ0v) is 15.2. The van der Waals surface area contributed by atoms with E-state index in [0.29, 0.717) is 39.5 Å². The van der Waals surface area contributed by atoms with Gasteiger partial charge in [0, 0.05) is 53.3 Å². The number of carbonyl (C=O) groups is 1.